The first-order valence-electron chi connectivity index (χ1n) is 9.00. The third-order valence-electron chi connectivity index (χ3n) is 4.40. The predicted molar refractivity (Wildman–Crippen MR) is 102 cm³/mol. The quantitative estimate of drug-likeness (QED) is 0.780. The van der Waals surface area contributed by atoms with Crippen LogP contribution < -0.4 is 4.74 Å². The van der Waals surface area contributed by atoms with E-state index in [0.717, 1.165) is 38.0 Å². The summed E-state index contributed by atoms with van der Waals surface area (Å²) in [5.41, 5.74) is 2.08. The first-order valence-corrected chi connectivity index (χ1v) is 9.00. The molecule has 1 aliphatic rings. The van der Waals surface area contributed by atoms with Gasteiger partial charge in [0.25, 0.3) is 0 Å². The van der Waals surface area contributed by atoms with Crippen molar-refractivity contribution in [2.24, 2.45) is 4.99 Å². The molecule has 0 saturated carbocycles. The topological polar surface area (TPSA) is 45.1 Å². The van der Waals surface area contributed by atoms with Gasteiger partial charge in [-0.15, -0.1) is 0 Å². The minimum absolute atomic E-state index is 0.219. The van der Waals surface area contributed by atoms with E-state index in [2.05, 4.69) is 41.1 Å². The van der Waals surface area contributed by atoms with E-state index >= 15 is 0 Å². The predicted octanol–water partition coefficient (Wildman–Crippen LogP) is 3.87. The molecule has 2 aromatic rings. The van der Waals surface area contributed by atoms with Crippen molar-refractivity contribution in [3.8, 4) is 11.5 Å². The maximum atomic E-state index is 10.1. The van der Waals surface area contributed by atoms with Crippen molar-refractivity contribution in [3.05, 3.63) is 59.7 Å². The molecule has 1 saturated heterocycles. The number of ether oxygens (including phenoxy) is 1. The first-order chi connectivity index (χ1) is 12.2. The van der Waals surface area contributed by atoms with Crippen LogP contribution in [-0.4, -0.2) is 42.0 Å². The number of aromatic hydroxyl groups is 1. The van der Waals surface area contributed by atoms with Crippen LogP contribution in [0.25, 0.3) is 0 Å². The number of rotatable bonds is 7. The molecular weight excluding hydrogens is 312 g/mol. The minimum Gasteiger partial charge on any atom is -0.507 e. The van der Waals surface area contributed by atoms with Crippen molar-refractivity contribution in [2.75, 3.05) is 19.7 Å². The molecule has 4 heteroatoms. The van der Waals surface area contributed by atoms with Crippen molar-refractivity contribution in [1.82, 2.24) is 4.90 Å². The Kier molecular flexibility index (Phi) is 6.07. The Morgan fingerprint density at radius 3 is 2.84 bits per heavy atom. The van der Waals surface area contributed by atoms with Crippen LogP contribution in [0.5, 0.6) is 11.5 Å². The molecule has 0 bridgehead atoms. The molecule has 0 spiro atoms. The Morgan fingerprint density at radius 1 is 1.24 bits per heavy atom. The Bertz CT molecular complexity index is 700. The molecule has 3 rings (SSSR count). The van der Waals surface area contributed by atoms with Crippen LogP contribution in [0.3, 0.4) is 0 Å². The molecule has 132 valence electrons. The second-order valence-electron chi connectivity index (χ2n) is 6.51. The third kappa shape index (κ3) is 5.07. The monoisotopic (exact) mass is 338 g/mol. The molecule has 1 heterocycles. The lowest BCUT2D eigenvalue weighted by Crippen LogP contribution is -2.21. The van der Waals surface area contributed by atoms with E-state index in [-0.39, 0.29) is 5.75 Å². The zero-order chi connectivity index (χ0) is 17.5. The van der Waals surface area contributed by atoms with Crippen LogP contribution in [0.2, 0.25) is 0 Å². The smallest absolute Gasteiger partial charge is 0.128 e. The molecule has 2 aromatic carbocycles. The molecular formula is C21H26N2O2. The zero-order valence-electron chi connectivity index (χ0n) is 14.8. The zero-order valence-corrected chi connectivity index (χ0v) is 14.8. The van der Waals surface area contributed by atoms with Gasteiger partial charge in [-0.05, 0) is 30.5 Å². The molecule has 25 heavy (non-hydrogen) atoms. The Balaban J connectivity index is 1.54. The summed E-state index contributed by atoms with van der Waals surface area (Å²) in [6.07, 6.45) is 3.79. The highest BCUT2D eigenvalue weighted by atomic mass is 16.5. The summed E-state index contributed by atoms with van der Waals surface area (Å²) in [7, 11) is 0. The van der Waals surface area contributed by atoms with Gasteiger partial charge in [0, 0.05) is 37.5 Å². The average molecular weight is 338 g/mol. The van der Waals surface area contributed by atoms with Crippen LogP contribution in [0.4, 0.5) is 0 Å². The van der Waals surface area contributed by atoms with E-state index in [0.29, 0.717) is 18.4 Å². The molecule has 0 amide bonds. The molecule has 1 N–H and O–H groups in total. The normalized spacial score (nSPS) is 18.0. The molecule has 0 aromatic heterocycles. The molecule has 0 unspecified atom stereocenters. The lowest BCUT2D eigenvalue weighted by Gasteiger charge is -2.14. The minimum atomic E-state index is 0.219. The van der Waals surface area contributed by atoms with Crippen LogP contribution in [0.1, 0.15) is 30.9 Å². The van der Waals surface area contributed by atoms with E-state index in [1.54, 1.807) is 12.3 Å². The van der Waals surface area contributed by atoms with Crippen LogP contribution in [0.15, 0.2) is 53.5 Å². The van der Waals surface area contributed by atoms with Gasteiger partial charge < -0.3 is 9.84 Å². The maximum absolute atomic E-state index is 10.1. The molecule has 1 aliphatic heterocycles. The Hall–Kier alpha value is -2.33. The number of phenols is 1. The molecule has 4 nitrogen and oxygen atoms in total. The number of hydrogen-bond donors (Lipinski definition) is 1. The van der Waals surface area contributed by atoms with Gasteiger partial charge in [0.15, 0.2) is 0 Å². The lowest BCUT2D eigenvalue weighted by atomic mass is 10.2. The number of aliphatic imine (C=N–C) groups is 1. The van der Waals surface area contributed by atoms with E-state index in [1.165, 1.54) is 5.56 Å². The average Bonchev–Trinajstić information content (AvgIpc) is 3.07. The van der Waals surface area contributed by atoms with Gasteiger partial charge >= 0.3 is 0 Å². The third-order valence-corrected chi connectivity index (χ3v) is 4.40. The van der Waals surface area contributed by atoms with Gasteiger partial charge in [-0.2, -0.15) is 0 Å². The van der Waals surface area contributed by atoms with Gasteiger partial charge in [0.05, 0.1) is 12.6 Å². The van der Waals surface area contributed by atoms with Crippen molar-refractivity contribution in [1.29, 1.82) is 0 Å². The summed E-state index contributed by atoms with van der Waals surface area (Å²) >= 11 is 0. The SMILES string of the molecule is CCCOc1ccc(C=N[C@@H]2CCN(Cc3ccccc3)C2)c(O)c1. The summed E-state index contributed by atoms with van der Waals surface area (Å²) in [6.45, 7) is 5.72. The number of hydrogen-bond acceptors (Lipinski definition) is 4. The van der Waals surface area contributed by atoms with Crippen molar-refractivity contribution >= 4 is 6.21 Å². The highest BCUT2D eigenvalue weighted by Crippen LogP contribution is 2.23. The molecule has 1 fully saturated rings. The number of likely N-dealkylation sites (tertiary alicyclic amines) is 1. The largest absolute Gasteiger partial charge is 0.507 e. The summed E-state index contributed by atoms with van der Waals surface area (Å²) in [4.78, 5) is 7.10. The summed E-state index contributed by atoms with van der Waals surface area (Å²) in [5.74, 6) is 0.919. The standard InChI is InChI=1S/C21H26N2O2/c1-2-12-25-20-9-8-18(21(24)13-20)14-22-19-10-11-23(16-19)15-17-6-4-3-5-7-17/h3-9,13-14,19,24H,2,10-12,15-16H2,1H3/t19-/m1/s1. The van der Waals surface area contributed by atoms with Crippen molar-refractivity contribution in [2.45, 2.75) is 32.4 Å². The summed E-state index contributed by atoms with van der Waals surface area (Å²) < 4.78 is 5.53. The lowest BCUT2D eigenvalue weighted by molar-refractivity contribution is 0.315. The van der Waals surface area contributed by atoms with E-state index in [9.17, 15) is 5.11 Å². The highest BCUT2D eigenvalue weighted by Gasteiger charge is 2.21. The Morgan fingerprint density at radius 2 is 2.08 bits per heavy atom. The second kappa shape index (κ2) is 8.67. The molecule has 0 radical (unpaired) electrons. The number of nitrogens with zero attached hydrogens (tertiary/aromatic N) is 2. The van der Waals surface area contributed by atoms with Crippen molar-refractivity contribution in [3.63, 3.8) is 0 Å². The van der Waals surface area contributed by atoms with Crippen LogP contribution in [0, 0.1) is 0 Å². The Labute approximate surface area is 149 Å². The van der Waals surface area contributed by atoms with Gasteiger partial charge in [-0.3, -0.25) is 9.89 Å². The summed E-state index contributed by atoms with van der Waals surface area (Å²) in [5, 5.41) is 10.1. The maximum Gasteiger partial charge on any atom is 0.128 e. The summed E-state index contributed by atoms with van der Waals surface area (Å²) in [6, 6.07) is 16.2. The fourth-order valence-electron chi connectivity index (χ4n) is 3.05. The molecule has 1 atom stereocenters. The van der Waals surface area contributed by atoms with Gasteiger partial charge in [0.2, 0.25) is 0 Å². The second-order valence-corrected chi connectivity index (χ2v) is 6.51. The van der Waals surface area contributed by atoms with Gasteiger partial charge in [-0.25, -0.2) is 0 Å². The fraction of sp³-hybridized carbons (Fsp3) is 0.381. The first kappa shape index (κ1) is 17.5. The van der Waals surface area contributed by atoms with Crippen molar-refractivity contribution < 1.29 is 9.84 Å². The number of benzene rings is 2. The van der Waals surface area contributed by atoms with Crippen LogP contribution >= 0.6 is 0 Å². The van der Waals surface area contributed by atoms with E-state index in [1.807, 2.05) is 18.2 Å². The molecule has 0 aliphatic carbocycles. The van der Waals surface area contributed by atoms with Gasteiger partial charge in [-0.1, -0.05) is 37.3 Å². The highest BCUT2D eigenvalue weighted by molar-refractivity contribution is 5.83. The van der Waals surface area contributed by atoms with E-state index < -0.39 is 0 Å². The van der Waals surface area contributed by atoms with Gasteiger partial charge in [0.1, 0.15) is 11.5 Å². The van der Waals surface area contributed by atoms with E-state index in [4.69, 9.17) is 4.74 Å². The fourth-order valence-corrected chi connectivity index (χ4v) is 3.05. The van der Waals surface area contributed by atoms with Crippen LogP contribution in [-0.2, 0) is 6.54 Å². The number of phenolic OH excluding ortho intramolecular Hbond substituents is 1.